The van der Waals surface area contributed by atoms with Crippen LogP contribution in [0.1, 0.15) is 24.3 Å². The maximum Gasteiger partial charge on any atom is 0.148 e. The summed E-state index contributed by atoms with van der Waals surface area (Å²) in [5, 5.41) is 2.00. The lowest BCUT2D eigenvalue weighted by molar-refractivity contribution is 0.174. The maximum atomic E-state index is 12.9. The van der Waals surface area contributed by atoms with Crippen molar-refractivity contribution in [3.05, 3.63) is 50.9 Å². The molecule has 0 saturated carbocycles. The van der Waals surface area contributed by atoms with Crippen LogP contribution < -0.4 is 10.5 Å². The number of hydrogen-bond acceptors (Lipinski definition) is 3. The molecule has 1 aromatic carbocycles. The van der Waals surface area contributed by atoms with Gasteiger partial charge in [0.1, 0.15) is 17.7 Å². The van der Waals surface area contributed by atoms with Crippen LogP contribution in [0.3, 0.4) is 0 Å². The molecule has 5 heteroatoms. The largest absolute Gasteiger partial charge is 0.483 e. The number of hydrogen-bond donors (Lipinski definition) is 1. The maximum absolute atomic E-state index is 12.9. The van der Waals surface area contributed by atoms with E-state index in [0.29, 0.717) is 5.75 Å². The summed E-state index contributed by atoms with van der Waals surface area (Å²) in [6, 6.07) is 7.91. The standard InChI is InChI=1S/C14H15BrFNOS/c1-2-12(17)14(13-7-9(15)8-19-13)18-11-5-3-10(16)4-6-11/h3-8,12,14H,2,17H2,1H3. The van der Waals surface area contributed by atoms with Crippen LogP contribution in [0.15, 0.2) is 40.2 Å². The molecule has 2 aromatic rings. The monoisotopic (exact) mass is 343 g/mol. The Kier molecular flexibility index (Phi) is 4.96. The molecule has 2 N–H and O–H groups in total. The molecule has 0 aliphatic heterocycles. The van der Waals surface area contributed by atoms with Gasteiger partial charge in [0, 0.05) is 20.8 Å². The van der Waals surface area contributed by atoms with Gasteiger partial charge < -0.3 is 10.5 Å². The molecule has 102 valence electrons. The summed E-state index contributed by atoms with van der Waals surface area (Å²) < 4.78 is 19.8. The highest BCUT2D eigenvalue weighted by Gasteiger charge is 2.22. The Morgan fingerprint density at radius 3 is 2.58 bits per heavy atom. The van der Waals surface area contributed by atoms with Crippen LogP contribution in [-0.4, -0.2) is 6.04 Å². The van der Waals surface area contributed by atoms with E-state index in [1.54, 1.807) is 23.5 Å². The van der Waals surface area contributed by atoms with Crippen molar-refractivity contribution in [3.8, 4) is 5.75 Å². The minimum Gasteiger partial charge on any atom is -0.483 e. The zero-order chi connectivity index (χ0) is 13.8. The molecule has 2 nitrogen and oxygen atoms in total. The molecule has 0 saturated heterocycles. The highest BCUT2D eigenvalue weighted by Crippen LogP contribution is 2.31. The summed E-state index contributed by atoms with van der Waals surface area (Å²) in [6.07, 6.45) is 0.591. The zero-order valence-electron chi connectivity index (χ0n) is 10.5. The van der Waals surface area contributed by atoms with E-state index in [1.165, 1.54) is 12.1 Å². The third kappa shape index (κ3) is 3.78. The second-order valence-electron chi connectivity index (χ2n) is 4.23. The van der Waals surface area contributed by atoms with Crippen molar-refractivity contribution in [1.29, 1.82) is 0 Å². The fourth-order valence-electron chi connectivity index (χ4n) is 1.71. The third-order valence-corrected chi connectivity index (χ3v) is 4.56. The molecular formula is C14H15BrFNOS. The molecule has 1 heterocycles. The Morgan fingerprint density at radius 1 is 1.37 bits per heavy atom. The molecule has 0 amide bonds. The number of nitrogens with two attached hydrogens (primary N) is 1. The number of rotatable bonds is 5. The highest BCUT2D eigenvalue weighted by atomic mass is 79.9. The van der Waals surface area contributed by atoms with Crippen molar-refractivity contribution in [3.63, 3.8) is 0 Å². The van der Waals surface area contributed by atoms with Crippen molar-refractivity contribution in [1.82, 2.24) is 0 Å². The minimum absolute atomic E-state index is 0.101. The molecule has 19 heavy (non-hydrogen) atoms. The Morgan fingerprint density at radius 2 is 2.05 bits per heavy atom. The Hall–Kier alpha value is -0.910. The van der Waals surface area contributed by atoms with Gasteiger partial charge in [0.2, 0.25) is 0 Å². The van der Waals surface area contributed by atoms with Gasteiger partial charge in [-0.15, -0.1) is 11.3 Å². The lowest BCUT2D eigenvalue weighted by atomic mass is 10.1. The van der Waals surface area contributed by atoms with E-state index < -0.39 is 0 Å². The molecule has 1 aromatic heterocycles. The second kappa shape index (κ2) is 6.50. The number of benzene rings is 1. The van der Waals surface area contributed by atoms with Crippen molar-refractivity contribution in [2.75, 3.05) is 0 Å². The van der Waals surface area contributed by atoms with E-state index >= 15 is 0 Å². The van der Waals surface area contributed by atoms with Gasteiger partial charge in [-0.1, -0.05) is 6.92 Å². The summed E-state index contributed by atoms with van der Waals surface area (Å²) >= 11 is 5.03. The van der Waals surface area contributed by atoms with Gasteiger partial charge in [0.05, 0.1) is 0 Å². The number of ether oxygens (including phenoxy) is 1. The van der Waals surface area contributed by atoms with Gasteiger partial charge in [0.15, 0.2) is 0 Å². The molecule has 0 aliphatic carbocycles. The predicted octanol–water partition coefficient (Wildman–Crippen LogP) is 4.51. The van der Waals surface area contributed by atoms with Gasteiger partial charge in [-0.2, -0.15) is 0 Å². The predicted molar refractivity (Wildman–Crippen MR) is 80.1 cm³/mol. The average Bonchev–Trinajstić information content (AvgIpc) is 2.83. The fourth-order valence-corrected chi connectivity index (χ4v) is 3.26. The van der Waals surface area contributed by atoms with E-state index in [1.807, 2.05) is 18.4 Å². The van der Waals surface area contributed by atoms with Crippen molar-refractivity contribution >= 4 is 27.3 Å². The van der Waals surface area contributed by atoms with Crippen molar-refractivity contribution < 1.29 is 9.13 Å². The molecule has 0 bridgehead atoms. The van der Waals surface area contributed by atoms with Crippen LogP contribution in [0.2, 0.25) is 0 Å². The van der Waals surface area contributed by atoms with Crippen molar-refractivity contribution in [2.45, 2.75) is 25.5 Å². The third-order valence-electron chi connectivity index (χ3n) is 2.81. The van der Waals surface area contributed by atoms with Crippen LogP contribution in [0.4, 0.5) is 4.39 Å². The quantitative estimate of drug-likeness (QED) is 0.866. The SMILES string of the molecule is CCC(N)C(Oc1ccc(F)cc1)c1cc(Br)cs1. The summed E-state index contributed by atoms with van der Waals surface area (Å²) in [6.45, 7) is 2.02. The molecule has 2 unspecified atom stereocenters. The van der Waals surface area contributed by atoms with Crippen LogP contribution >= 0.6 is 27.3 Å². The Balaban J connectivity index is 2.21. The Labute approximate surface area is 124 Å². The van der Waals surface area contributed by atoms with Crippen LogP contribution in [0.25, 0.3) is 0 Å². The lowest BCUT2D eigenvalue weighted by Gasteiger charge is -2.23. The lowest BCUT2D eigenvalue weighted by Crippen LogP contribution is -2.30. The number of halogens is 2. The van der Waals surface area contributed by atoms with Gasteiger partial charge >= 0.3 is 0 Å². The second-order valence-corrected chi connectivity index (χ2v) is 6.09. The van der Waals surface area contributed by atoms with E-state index in [2.05, 4.69) is 15.9 Å². The zero-order valence-corrected chi connectivity index (χ0v) is 12.9. The summed E-state index contributed by atoms with van der Waals surface area (Å²) in [4.78, 5) is 1.06. The normalized spacial score (nSPS) is 14.1. The van der Waals surface area contributed by atoms with E-state index in [9.17, 15) is 4.39 Å². The number of thiophene rings is 1. The first kappa shape index (κ1) is 14.5. The first-order chi connectivity index (χ1) is 9.10. The molecular weight excluding hydrogens is 329 g/mol. The molecule has 0 fully saturated rings. The topological polar surface area (TPSA) is 35.2 Å². The molecule has 2 rings (SSSR count). The fraction of sp³-hybridized carbons (Fsp3) is 0.286. The van der Waals surface area contributed by atoms with E-state index in [-0.39, 0.29) is 18.0 Å². The van der Waals surface area contributed by atoms with Gasteiger partial charge in [0.25, 0.3) is 0 Å². The highest BCUT2D eigenvalue weighted by molar-refractivity contribution is 9.10. The smallest absolute Gasteiger partial charge is 0.148 e. The van der Waals surface area contributed by atoms with Crippen LogP contribution in [0, 0.1) is 5.82 Å². The van der Waals surface area contributed by atoms with E-state index in [0.717, 1.165) is 15.8 Å². The van der Waals surface area contributed by atoms with E-state index in [4.69, 9.17) is 10.5 Å². The molecule has 2 atom stereocenters. The summed E-state index contributed by atoms with van der Waals surface area (Å²) in [5.41, 5.74) is 6.13. The van der Waals surface area contributed by atoms with Gasteiger partial charge in [-0.3, -0.25) is 0 Å². The van der Waals surface area contributed by atoms with Crippen LogP contribution in [0.5, 0.6) is 5.75 Å². The Bertz CT molecular complexity index is 528. The van der Waals surface area contributed by atoms with Crippen molar-refractivity contribution in [2.24, 2.45) is 5.73 Å². The summed E-state index contributed by atoms with van der Waals surface area (Å²) in [5.74, 6) is 0.349. The average molecular weight is 344 g/mol. The van der Waals surface area contributed by atoms with Gasteiger partial charge in [-0.05, 0) is 52.7 Å². The molecule has 0 spiro atoms. The summed E-state index contributed by atoms with van der Waals surface area (Å²) in [7, 11) is 0. The molecule has 0 aliphatic rings. The first-order valence-electron chi connectivity index (χ1n) is 6.02. The van der Waals surface area contributed by atoms with Crippen LogP contribution in [-0.2, 0) is 0 Å². The van der Waals surface area contributed by atoms with Gasteiger partial charge in [-0.25, -0.2) is 4.39 Å². The minimum atomic E-state index is -0.275. The first-order valence-corrected chi connectivity index (χ1v) is 7.69. The molecule has 0 radical (unpaired) electrons.